The first-order chi connectivity index (χ1) is 22.9. The molecule has 2 aliphatic rings. The zero-order valence-corrected chi connectivity index (χ0v) is 26.7. The number of piperidine rings is 1. The zero-order chi connectivity index (χ0) is 38.2. The van der Waals surface area contributed by atoms with Crippen LogP contribution in [0.2, 0.25) is 0 Å². The van der Waals surface area contributed by atoms with E-state index in [1.165, 1.54) is 22.6 Å². The van der Waals surface area contributed by atoms with E-state index in [0.29, 0.717) is 0 Å². The summed E-state index contributed by atoms with van der Waals surface area (Å²) in [5, 5.41) is 21.4. The van der Waals surface area contributed by atoms with E-state index in [1.807, 2.05) is 6.92 Å². The van der Waals surface area contributed by atoms with Crippen LogP contribution in [0, 0.1) is 13.8 Å². The van der Waals surface area contributed by atoms with Crippen LogP contribution in [0.3, 0.4) is 0 Å². The number of furan rings is 1. The molecule has 4 heterocycles. The first-order valence-corrected chi connectivity index (χ1v) is 14.4. The third-order valence-corrected chi connectivity index (χ3v) is 7.60. The predicted molar refractivity (Wildman–Crippen MR) is 156 cm³/mol. The van der Waals surface area contributed by atoms with Crippen LogP contribution in [0.15, 0.2) is 47.0 Å². The van der Waals surface area contributed by atoms with Crippen molar-refractivity contribution in [2.24, 2.45) is 0 Å². The second-order valence-corrected chi connectivity index (χ2v) is 11.1. The average molecular weight is 733 g/mol. The number of hydrogen-bond donors (Lipinski definition) is 3. The van der Waals surface area contributed by atoms with Crippen LogP contribution in [-0.2, 0) is 33.0 Å². The Hall–Kier alpha value is -4.59. The normalized spacial score (nSPS) is 16.1. The minimum absolute atomic E-state index is 0.0385. The number of carboxylic acid groups (broad SMARTS) is 3. The minimum atomic E-state index is -5.08. The van der Waals surface area contributed by atoms with Crippen molar-refractivity contribution in [3.05, 3.63) is 65.5 Å². The molecule has 0 atom stereocenters. The Morgan fingerprint density at radius 3 is 1.62 bits per heavy atom. The van der Waals surface area contributed by atoms with E-state index in [0.717, 1.165) is 57.1 Å². The van der Waals surface area contributed by atoms with Gasteiger partial charge >= 0.3 is 36.4 Å². The number of halogens is 9. The number of nitrogens with zero attached hydrogens (tertiary/aromatic N) is 4. The second-order valence-electron chi connectivity index (χ2n) is 11.1. The van der Waals surface area contributed by atoms with Crippen molar-refractivity contribution in [2.45, 2.75) is 63.8 Å². The summed E-state index contributed by atoms with van der Waals surface area (Å²) in [6, 6.07) is 13.0. The van der Waals surface area contributed by atoms with Gasteiger partial charge in [-0.25, -0.2) is 19.4 Å². The lowest BCUT2D eigenvalue weighted by Gasteiger charge is -2.49. The number of likely N-dealkylation sites (N-methyl/N-ethyl adjacent to an activating group) is 1. The van der Waals surface area contributed by atoms with Gasteiger partial charge in [0.05, 0.1) is 24.0 Å². The third kappa shape index (κ3) is 11.5. The number of fused-ring (bicyclic) bond motifs is 2. The molecule has 2 aliphatic heterocycles. The number of aryl methyl sites for hydroxylation is 2. The van der Waals surface area contributed by atoms with Crippen molar-refractivity contribution in [2.75, 3.05) is 26.7 Å². The molecule has 11 nitrogen and oxygen atoms in total. The fourth-order valence-corrected chi connectivity index (χ4v) is 5.04. The highest BCUT2D eigenvalue weighted by Gasteiger charge is 2.46. The van der Waals surface area contributed by atoms with E-state index in [4.69, 9.17) is 39.1 Å². The summed E-state index contributed by atoms with van der Waals surface area (Å²) in [5.41, 5.74) is 3.85. The van der Waals surface area contributed by atoms with E-state index < -0.39 is 36.4 Å². The fraction of sp³-hybridized carbons (Fsp3) is 0.467. The van der Waals surface area contributed by atoms with Crippen molar-refractivity contribution < 1.29 is 73.6 Å². The number of hydrogen-bond acceptors (Lipinski definition) is 7. The summed E-state index contributed by atoms with van der Waals surface area (Å²) < 4.78 is 103. The number of rotatable bonds is 3. The highest BCUT2D eigenvalue weighted by Crippen LogP contribution is 2.41. The zero-order valence-electron chi connectivity index (χ0n) is 26.7. The lowest BCUT2D eigenvalue weighted by molar-refractivity contribution is -0.193. The molecule has 1 aromatic carbocycles. The van der Waals surface area contributed by atoms with Crippen LogP contribution in [-0.4, -0.2) is 97.8 Å². The molecule has 1 fully saturated rings. The van der Waals surface area contributed by atoms with Gasteiger partial charge in [-0.15, -0.1) is 0 Å². The molecule has 0 saturated carbocycles. The first-order valence-electron chi connectivity index (χ1n) is 14.4. The summed E-state index contributed by atoms with van der Waals surface area (Å²) in [4.78, 5) is 36.7. The van der Waals surface area contributed by atoms with Gasteiger partial charge in [-0.1, -0.05) is 29.8 Å². The van der Waals surface area contributed by atoms with Gasteiger partial charge in [0.15, 0.2) is 0 Å². The molecule has 1 saturated heterocycles. The van der Waals surface area contributed by atoms with Gasteiger partial charge in [0.1, 0.15) is 17.3 Å². The largest absolute Gasteiger partial charge is 0.490 e. The standard InChI is InChI=1S/C24H30N4O.3C2HF3O2/c1-18-4-7-20(8-5-18)22-16-25-23-24(26(3)14-15-28(22)23)10-12-27(13-11-24)17-21-9-6-19(2)29-21;3*3-2(4,5)1(6)7/h4-9,16H,10-15,17H2,1-3H3;3*(H,6,7). The first kappa shape index (κ1) is 41.6. The van der Waals surface area contributed by atoms with Crippen molar-refractivity contribution in [3.8, 4) is 11.3 Å². The molecule has 2 aromatic heterocycles. The average Bonchev–Trinajstić information content (AvgIpc) is 3.62. The molecule has 5 rings (SSSR count). The Balaban J connectivity index is 0.000000338. The Morgan fingerprint density at radius 2 is 1.22 bits per heavy atom. The van der Waals surface area contributed by atoms with Crippen molar-refractivity contribution >= 4 is 17.9 Å². The summed E-state index contributed by atoms with van der Waals surface area (Å²) in [5.74, 6) is -4.97. The number of aromatic nitrogens is 2. The molecule has 3 aromatic rings. The lowest BCUT2D eigenvalue weighted by Crippen LogP contribution is -2.56. The van der Waals surface area contributed by atoms with E-state index >= 15 is 0 Å². The molecular weight excluding hydrogens is 699 g/mol. The molecule has 50 heavy (non-hydrogen) atoms. The van der Waals surface area contributed by atoms with E-state index in [9.17, 15) is 39.5 Å². The van der Waals surface area contributed by atoms with E-state index in [1.54, 1.807) is 0 Å². The SMILES string of the molecule is Cc1ccc(-c2cnc3n2CCN(C)C32CCN(Cc3ccc(C)o3)CC2)cc1.O=C(O)C(F)(F)F.O=C(O)C(F)(F)F.O=C(O)C(F)(F)F. The maximum absolute atomic E-state index is 10.6. The smallest absolute Gasteiger partial charge is 0.475 e. The molecule has 0 radical (unpaired) electrons. The van der Waals surface area contributed by atoms with Crippen molar-refractivity contribution in [1.29, 1.82) is 0 Å². The van der Waals surface area contributed by atoms with E-state index in [-0.39, 0.29) is 5.54 Å². The van der Waals surface area contributed by atoms with Gasteiger partial charge in [-0.2, -0.15) is 39.5 Å². The molecular formula is C30H33F9N4O7. The summed E-state index contributed by atoms with van der Waals surface area (Å²) in [7, 11) is 2.27. The number of aliphatic carboxylic acids is 3. The number of alkyl halides is 9. The number of imidazole rings is 1. The minimum Gasteiger partial charge on any atom is -0.475 e. The maximum atomic E-state index is 10.6. The Morgan fingerprint density at radius 1 is 0.760 bits per heavy atom. The lowest BCUT2D eigenvalue weighted by atomic mass is 9.83. The van der Waals surface area contributed by atoms with Crippen LogP contribution < -0.4 is 0 Å². The summed E-state index contributed by atoms with van der Waals surface area (Å²) >= 11 is 0. The molecule has 1 spiro atoms. The number of benzene rings is 1. The maximum Gasteiger partial charge on any atom is 0.490 e. The molecule has 0 unspecified atom stereocenters. The topological polar surface area (TPSA) is 149 Å². The van der Waals surface area contributed by atoms with Crippen LogP contribution in [0.5, 0.6) is 0 Å². The van der Waals surface area contributed by atoms with Crippen molar-refractivity contribution in [3.63, 3.8) is 0 Å². The van der Waals surface area contributed by atoms with Crippen LogP contribution in [0.1, 0.15) is 35.7 Å². The van der Waals surface area contributed by atoms with Gasteiger partial charge in [-0.05, 0) is 51.4 Å². The van der Waals surface area contributed by atoms with Gasteiger partial charge in [0, 0.05) is 26.2 Å². The van der Waals surface area contributed by atoms with Gasteiger partial charge in [-0.3, -0.25) is 9.80 Å². The predicted octanol–water partition coefficient (Wildman–Crippen LogP) is 6.10. The van der Waals surface area contributed by atoms with Gasteiger partial charge in [0.25, 0.3) is 0 Å². The molecule has 3 N–H and O–H groups in total. The Labute approximate surface area is 278 Å². The molecule has 0 amide bonds. The Bertz CT molecular complexity index is 1530. The molecule has 0 bridgehead atoms. The quantitative estimate of drug-likeness (QED) is 0.270. The van der Waals surface area contributed by atoms with E-state index in [2.05, 4.69) is 70.9 Å². The van der Waals surface area contributed by atoms with Crippen LogP contribution in [0.4, 0.5) is 39.5 Å². The molecule has 278 valence electrons. The second kappa shape index (κ2) is 16.4. The van der Waals surface area contributed by atoms with Crippen LogP contribution >= 0.6 is 0 Å². The number of likely N-dealkylation sites (tertiary alicyclic amines) is 1. The summed E-state index contributed by atoms with van der Waals surface area (Å²) in [6.07, 6.45) is -11.0. The third-order valence-electron chi connectivity index (χ3n) is 7.60. The Kier molecular flexibility index (Phi) is 13.6. The molecule has 0 aliphatic carbocycles. The van der Waals surface area contributed by atoms with Crippen LogP contribution in [0.25, 0.3) is 11.3 Å². The highest BCUT2D eigenvalue weighted by atomic mass is 19.4. The highest BCUT2D eigenvalue weighted by molar-refractivity contribution is 5.73. The number of carboxylic acids is 3. The monoisotopic (exact) mass is 732 g/mol. The molecule has 20 heteroatoms. The van der Waals surface area contributed by atoms with Crippen molar-refractivity contribution in [1.82, 2.24) is 19.4 Å². The van der Waals surface area contributed by atoms with Gasteiger partial charge < -0.3 is 24.3 Å². The fourth-order valence-electron chi connectivity index (χ4n) is 5.04. The number of carbonyl (C=O) groups is 3. The van der Waals surface area contributed by atoms with Gasteiger partial charge in [0.2, 0.25) is 0 Å². The summed E-state index contributed by atoms with van der Waals surface area (Å²) in [6.45, 7) is 9.25.